The first kappa shape index (κ1) is 38.1. The van der Waals surface area contributed by atoms with Crippen LogP contribution < -0.4 is 51.4 Å². The molecule has 0 heterocycles. The van der Waals surface area contributed by atoms with Crippen LogP contribution in [-0.2, 0) is 32.4 Å². The minimum atomic E-state index is -0.351. The standard InChI is InChI=1S/C20H34P2.C4H6.Ir.K.H2O/c1-15(2)21(16(3)4)13-19-10-9-11-20(12-19)14-22(17(5)6)18(7)8;1-3-4-2;;;/h10-11,15-18H,13-14H2,1-8H3;4H,1H2,2H3;;;1H2/q-2;;;+1;/p+1. The monoisotopic (exact) mass is 641 g/mol. The predicted molar refractivity (Wildman–Crippen MR) is 130 cm³/mol. The molecule has 1 nitrogen and oxygen atoms in total. The zero-order chi connectivity index (χ0) is 20.3. The molecule has 1 aromatic rings. The maximum absolute atomic E-state index is 3.74. The zero-order valence-electron chi connectivity index (χ0n) is 20.4. The largest absolute Gasteiger partial charge is 1.00 e. The molecule has 0 unspecified atom stereocenters. The number of rotatable bonds is 8. The summed E-state index contributed by atoms with van der Waals surface area (Å²) in [7, 11) is -0.701. The van der Waals surface area contributed by atoms with Gasteiger partial charge in [0, 0.05) is 32.4 Å². The summed E-state index contributed by atoms with van der Waals surface area (Å²) in [5.41, 5.74) is 8.67. The van der Waals surface area contributed by atoms with E-state index < -0.39 is 0 Å². The Kier molecular flexibility index (Phi) is 28.5. The molecule has 0 saturated carbocycles. The molecule has 0 saturated heterocycles. The normalized spacial score (nSPS) is 10.2. The summed E-state index contributed by atoms with van der Waals surface area (Å²) >= 11 is 0. The van der Waals surface area contributed by atoms with Gasteiger partial charge in [-0.15, -0.1) is 5.73 Å². The van der Waals surface area contributed by atoms with E-state index in [1.165, 1.54) is 23.5 Å². The van der Waals surface area contributed by atoms with Gasteiger partial charge in [-0.2, -0.15) is 0 Å². The molecule has 1 rings (SSSR count). The Hall–Kier alpha value is 1.85. The van der Waals surface area contributed by atoms with Crippen LogP contribution in [0.4, 0.5) is 0 Å². The summed E-state index contributed by atoms with van der Waals surface area (Å²) in [4.78, 5) is 0. The number of benzene rings is 1. The van der Waals surface area contributed by atoms with Gasteiger partial charge in [-0.1, -0.05) is 6.58 Å². The third-order valence-corrected chi connectivity index (χ3v) is 12.3. The molecule has 0 atom stereocenters. The van der Waals surface area contributed by atoms with Crippen molar-refractivity contribution in [3.63, 3.8) is 0 Å². The van der Waals surface area contributed by atoms with Crippen LogP contribution in [0.1, 0.15) is 73.4 Å². The number of hydrogen-bond acceptors (Lipinski definition) is 1. The van der Waals surface area contributed by atoms with E-state index in [1.54, 1.807) is 6.08 Å². The first-order valence-electron chi connectivity index (χ1n) is 10.1. The second kappa shape index (κ2) is 21.7. The van der Waals surface area contributed by atoms with Crippen molar-refractivity contribution < 1.29 is 77.0 Å². The summed E-state index contributed by atoms with van der Waals surface area (Å²) < 4.78 is 0. The fourth-order valence-electron chi connectivity index (χ4n) is 3.30. The van der Waals surface area contributed by atoms with Crippen molar-refractivity contribution >= 4 is 15.8 Å². The van der Waals surface area contributed by atoms with Crippen LogP contribution >= 0.6 is 15.8 Å². The quantitative estimate of drug-likeness (QED) is 0.178. The van der Waals surface area contributed by atoms with Crippen LogP contribution in [0.25, 0.3) is 0 Å². The van der Waals surface area contributed by atoms with Gasteiger partial charge >= 0.3 is 51.4 Å². The van der Waals surface area contributed by atoms with Crippen LogP contribution in [0.15, 0.2) is 30.5 Å². The third-order valence-electron chi connectivity index (χ3n) is 4.80. The van der Waals surface area contributed by atoms with Gasteiger partial charge in [0.1, 0.15) is 0 Å². The molecule has 1 aromatic carbocycles. The minimum Gasteiger partial charge on any atom is -0.870 e. The molecule has 1 radical (unpaired) electrons. The molecule has 5 heteroatoms. The van der Waals surface area contributed by atoms with Gasteiger partial charge in [-0.3, -0.25) is 12.1 Å². The van der Waals surface area contributed by atoms with E-state index in [0.717, 1.165) is 22.6 Å². The summed E-state index contributed by atoms with van der Waals surface area (Å²) in [5, 5.41) is 0. The summed E-state index contributed by atoms with van der Waals surface area (Å²) in [6, 6.07) is 11.5. The summed E-state index contributed by atoms with van der Waals surface area (Å²) in [5.74, 6) is 0. The van der Waals surface area contributed by atoms with Gasteiger partial charge in [-0.25, -0.2) is 11.1 Å². The first-order chi connectivity index (χ1) is 12.1. The fraction of sp³-hybridized carbons (Fsp3) is 0.625. The van der Waals surface area contributed by atoms with Crippen molar-refractivity contribution in [3.8, 4) is 0 Å². The second-order valence-electron chi connectivity index (χ2n) is 8.25. The van der Waals surface area contributed by atoms with E-state index in [1.807, 2.05) is 6.92 Å². The van der Waals surface area contributed by atoms with E-state index in [-0.39, 0.29) is 92.8 Å². The molecule has 0 spiro atoms. The molecule has 0 aromatic heterocycles. The minimum absolute atomic E-state index is 0. The molecule has 0 aliphatic carbocycles. The van der Waals surface area contributed by atoms with Gasteiger partial charge < -0.3 is 17.6 Å². The first-order valence-corrected chi connectivity index (χ1v) is 13.8. The van der Waals surface area contributed by atoms with Gasteiger partial charge in [0.2, 0.25) is 0 Å². The molecule has 0 fully saturated rings. The molecule has 0 aliphatic heterocycles. The van der Waals surface area contributed by atoms with Crippen LogP contribution in [0, 0.1) is 12.1 Å². The maximum Gasteiger partial charge on any atom is 1.00 e. The molecule has 1 N–H and O–H groups in total. The topological polar surface area (TPSA) is 30.0 Å². The molecule has 29 heavy (non-hydrogen) atoms. The Morgan fingerprint density at radius 3 is 1.34 bits per heavy atom. The average molecular weight is 641 g/mol. The van der Waals surface area contributed by atoms with E-state index in [2.05, 4.69) is 92.0 Å². The van der Waals surface area contributed by atoms with Gasteiger partial charge in [-0.05, 0) is 84.2 Å². The van der Waals surface area contributed by atoms with Crippen LogP contribution in [0.2, 0.25) is 0 Å². The Bertz CT molecular complexity index is 502. The Morgan fingerprint density at radius 1 is 0.862 bits per heavy atom. The number of hydrogen-bond donors (Lipinski definition) is 0. The zero-order valence-corrected chi connectivity index (χ0v) is 28.0. The molecular weight excluding hydrogens is 598 g/mol. The Labute approximate surface area is 241 Å². The van der Waals surface area contributed by atoms with Crippen molar-refractivity contribution in [2.45, 2.75) is 97.3 Å². The predicted octanol–water partition coefficient (Wildman–Crippen LogP) is 4.52. The maximum atomic E-state index is 3.74. The molecule has 0 bridgehead atoms. The van der Waals surface area contributed by atoms with E-state index in [0.29, 0.717) is 0 Å². The Balaban J connectivity index is -0.000000408. The van der Waals surface area contributed by atoms with Crippen LogP contribution in [-0.4, -0.2) is 28.1 Å². The molecule has 0 amide bonds. The van der Waals surface area contributed by atoms with Gasteiger partial charge in [0.25, 0.3) is 0 Å². The third kappa shape index (κ3) is 17.0. The van der Waals surface area contributed by atoms with Gasteiger partial charge in [0.15, 0.2) is 0 Å². The van der Waals surface area contributed by atoms with E-state index in [4.69, 9.17) is 0 Å². The van der Waals surface area contributed by atoms with E-state index >= 15 is 0 Å². The van der Waals surface area contributed by atoms with Crippen LogP contribution in [0.3, 0.4) is 0 Å². The molecule has 165 valence electrons. The van der Waals surface area contributed by atoms with Crippen molar-refractivity contribution in [1.29, 1.82) is 0 Å². The van der Waals surface area contributed by atoms with Crippen molar-refractivity contribution in [3.05, 3.63) is 53.8 Å². The fourth-order valence-corrected chi connectivity index (χ4v) is 8.86. The van der Waals surface area contributed by atoms with Crippen molar-refractivity contribution in [2.75, 3.05) is 0 Å². The van der Waals surface area contributed by atoms with E-state index in [9.17, 15) is 0 Å². The Morgan fingerprint density at radius 2 is 1.14 bits per heavy atom. The molecule has 0 aliphatic rings. The smallest absolute Gasteiger partial charge is 0.870 e. The van der Waals surface area contributed by atoms with Crippen molar-refractivity contribution in [2.24, 2.45) is 0 Å². The molecular formula is C24H43IrKOP2. The average Bonchev–Trinajstić information content (AvgIpc) is 2.57. The SMILES string of the molecule is C=C=CC.CC(C)[PH+](Cc1[c-]c(C[PH+](C(C)C)C(C)C)c[c-]c1)C(C)C.[Ir].[K+].[OH-]. The second-order valence-corrected chi connectivity index (χ2v) is 15.9. The summed E-state index contributed by atoms with van der Waals surface area (Å²) in [6.45, 7) is 24.3. The van der Waals surface area contributed by atoms with Gasteiger partial charge in [0.05, 0.1) is 22.6 Å². The van der Waals surface area contributed by atoms with Crippen molar-refractivity contribution in [1.82, 2.24) is 0 Å². The summed E-state index contributed by atoms with van der Waals surface area (Å²) in [6.07, 6.45) is 4.26. The number of allylic oxidation sites excluding steroid dienone is 1. The van der Waals surface area contributed by atoms with Crippen LogP contribution in [0.5, 0.6) is 0 Å².